The molecule has 1 fully saturated rings. The molecule has 0 unspecified atom stereocenters. The fourth-order valence-corrected chi connectivity index (χ4v) is 5.55. The Kier molecular flexibility index (Phi) is 9.04. The molecule has 0 spiro atoms. The number of H-pyrrole nitrogens is 1. The van der Waals surface area contributed by atoms with Crippen molar-refractivity contribution in [3.8, 4) is 28.8 Å². The molecule has 1 aliphatic heterocycles. The van der Waals surface area contributed by atoms with Crippen LogP contribution in [0.1, 0.15) is 22.6 Å². The number of halogens is 1. The Morgan fingerprint density at radius 1 is 1.09 bits per heavy atom. The van der Waals surface area contributed by atoms with Crippen LogP contribution in [0.2, 0.25) is 0 Å². The van der Waals surface area contributed by atoms with Gasteiger partial charge in [0, 0.05) is 62.3 Å². The minimum absolute atomic E-state index is 0.0469. The second-order valence-corrected chi connectivity index (χ2v) is 10.9. The smallest absolute Gasteiger partial charge is 0.334 e. The van der Waals surface area contributed by atoms with E-state index in [4.69, 9.17) is 18.9 Å². The number of imidazole rings is 1. The van der Waals surface area contributed by atoms with Crippen LogP contribution in [-0.2, 0) is 11.8 Å². The van der Waals surface area contributed by atoms with Crippen molar-refractivity contribution in [2.45, 2.75) is 13.3 Å². The van der Waals surface area contributed by atoms with E-state index in [1.165, 1.54) is 28.3 Å². The summed E-state index contributed by atoms with van der Waals surface area (Å²) >= 11 is 0. The first-order valence-electron chi connectivity index (χ1n) is 14.9. The maximum atomic E-state index is 15.3. The van der Waals surface area contributed by atoms with Crippen molar-refractivity contribution in [1.29, 1.82) is 0 Å². The maximum Gasteiger partial charge on any atom is 0.334 e. The highest BCUT2D eigenvalue weighted by Crippen LogP contribution is 2.38. The van der Waals surface area contributed by atoms with Gasteiger partial charge in [0.1, 0.15) is 17.3 Å². The minimum Gasteiger partial charge on any atom is -0.493 e. The average molecular weight is 631 g/mol. The molecule has 240 valence electrons. The van der Waals surface area contributed by atoms with Crippen LogP contribution in [-0.4, -0.2) is 76.5 Å². The number of carbonyl (C=O) groups is 1. The number of anilines is 1. The van der Waals surface area contributed by atoms with Crippen LogP contribution in [0, 0.1) is 12.7 Å². The number of nitrogens with zero attached hydrogens (tertiary/aromatic N) is 4. The van der Waals surface area contributed by atoms with Gasteiger partial charge in [0.15, 0.2) is 23.1 Å². The number of benzene rings is 2. The molecule has 2 N–H and O–H groups in total. The molecular formula is C33H35FN6O6. The molecule has 12 nitrogen and oxygen atoms in total. The molecule has 1 saturated heterocycles. The van der Waals surface area contributed by atoms with Crippen molar-refractivity contribution in [1.82, 2.24) is 24.0 Å². The zero-order chi connectivity index (χ0) is 32.2. The summed E-state index contributed by atoms with van der Waals surface area (Å²) in [6.45, 7) is 6.47. The maximum absolute atomic E-state index is 15.3. The van der Waals surface area contributed by atoms with Gasteiger partial charge in [-0.3, -0.25) is 19.2 Å². The van der Waals surface area contributed by atoms with E-state index in [1.54, 1.807) is 56.8 Å². The summed E-state index contributed by atoms with van der Waals surface area (Å²) in [5.74, 6) is 0.679. The van der Waals surface area contributed by atoms with E-state index in [0.29, 0.717) is 46.3 Å². The molecule has 0 radical (unpaired) electrons. The van der Waals surface area contributed by atoms with Crippen LogP contribution < -0.4 is 25.2 Å². The first-order chi connectivity index (χ1) is 22.3. The number of amides is 1. The molecule has 1 aliphatic rings. The molecule has 0 saturated carbocycles. The number of ether oxygens (including phenoxy) is 4. The Hall–Kier alpha value is -5.14. The lowest BCUT2D eigenvalue weighted by atomic mass is 10.1. The number of methoxy groups -OCH3 is 1. The summed E-state index contributed by atoms with van der Waals surface area (Å²) in [6.07, 6.45) is 4.11. The van der Waals surface area contributed by atoms with Crippen LogP contribution in [0.3, 0.4) is 0 Å². The van der Waals surface area contributed by atoms with Gasteiger partial charge in [-0.15, -0.1) is 0 Å². The summed E-state index contributed by atoms with van der Waals surface area (Å²) in [5, 5.41) is 3.29. The highest BCUT2D eigenvalue weighted by molar-refractivity contribution is 6.04. The van der Waals surface area contributed by atoms with Gasteiger partial charge in [-0.2, -0.15) is 0 Å². The fraction of sp³-hybridized carbons (Fsp3) is 0.303. The Morgan fingerprint density at radius 2 is 1.91 bits per heavy atom. The van der Waals surface area contributed by atoms with Gasteiger partial charge < -0.3 is 29.2 Å². The van der Waals surface area contributed by atoms with E-state index >= 15 is 4.39 Å². The molecule has 0 bridgehead atoms. The molecular weight excluding hydrogens is 595 g/mol. The molecule has 2 aromatic carbocycles. The SMILES string of the molecule is COc1cc2c(Oc3ccc(NC(=O)c4c(C)n(-c5ccc[nH]5)c(=O)n4C)cc3F)ccnc2cc1OCCCN1CCOCC1. The molecule has 5 aromatic rings. The number of nitrogens with one attached hydrogen (secondary N) is 2. The zero-order valence-electron chi connectivity index (χ0n) is 25.8. The number of carbonyl (C=O) groups excluding carboxylic acids is 1. The van der Waals surface area contributed by atoms with Crippen LogP contribution >= 0.6 is 0 Å². The molecule has 46 heavy (non-hydrogen) atoms. The number of aromatic nitrogens is 4. The minimum atomic E-state index is -0.690. The number of fused-ring (bicyclic) bond motifs is 1. The second kappa shape index (κ2) is 13.5. The van der Waals surface area contributed by atoms with Crippen molar-refractivity contribution in [3.05, 3.63) is 88.6 Å². The molecule has 3 aromatic heterocycles. The largest absolute Gasteiger partial charge is 0.493 e. The lowest BCUT2D eigenvalue weighted by Gasteiger charge is -2.26. The van der Waals surface area contributed by atoms with E-state index in [1.807, 2.05) is 0 Å². The van der Waals surface area contributed by atoms with Crippen molar-refractivity contribution in [2.75, 3.05) is 51.9 Å². The Balaban J connectivity index is 1.16. The Bertz CT molecular complexity index is 1910. The van der Waals surface area contributed by atoms with Crippen molar-refractivity contribution in [3.63, 3.8) is 0 Å². The van der Waals surface area contributed by atoms with Gasteiger partial charge in [0.2, 0.25) is 0 Å². The highest BCUT2D eigenvalue weighted by atomic mass is 19.1. The highest BCUT2D eigenvalue weighted by Gasteiger charge is 2.22. The lowest BCUT2D eigenvalue weighted by molar-refractivity contribution is 0.0357. The summed E-state index contributed by atoms with van der Waals surface area (Å²) in [6, 6.07) is 12.8. The summed E-state index contributed by atoms with van der Waals surface area (Å²) < 4.78 is 41.0. The number of hydrogen-bond acceptors (Lipinski definition) is 8. The monoisotopic (exact) mass is 630 g/mol. The van der Waals surface area contributed by atoms with Gasteiger partial charge in [-0.1, -0.05) is 0 Å². The predicted molar refractivity (Wildman–Crippen MR) is 170 cm³/mol. The topological polar surface area (TPSA) is 125 Å². The van der Waals surface area contributed by atoms with E-state index in [9.17, 15) is 9.59 Å². The Morgan fingerprint density at radius 3 is 2.65 bits per heavy atom. The number of pyridine rings is 1. The molecule has 13 heteroatoms. The van der Waals surface area contributed by atoms with Gasteiger partial charge in [-0.05, 0) is 49.7 Å². The first kappa shape index (κ1) is 30.9. The third-order valence-electron chi connectivity index (χ3n) is 7.91. The molecule has 4 heterocycles. The van der Waals surface area contributed by atoms with Crippen LogP contribution in [0.25, 0.3) is 16.7 Å². The third-order valence-corrected chi connectivity index (χ3v) is 7.91. The second-order valence-electron chi connectivity index (χ2n) is 10.9. The van der Waals surface area contributed by atoms with Gasteiger partial charge in [0.25, 0.3) is 5.91 Å². The molecule has 1 amide bonds. The number of hydrogen-bond donors (Lipinski definition) is 2. The lowest BCUT2D eigenvalue weighted by Crippen LogP contribution is -2.37. The Labute approximate surface area is 264 Å². The quantitative estimate of drug-likeness (QED) is 0.202. The van der Waals surface area contributed by atoms with Crippen molar-refractivity contribution in [2.24, 2.45) is 7.05 Å². The van der Waals surface area contributed by atoms with Crippen molar-refractivity contribution >= 4 is 22.5 Å². The van der Waals surface area contributed by atoms with Crippen LogP contribution in [0.4, 0.5) is 10.1 Å². The van der Waals surface area contributed by atoms with E-state index < -0.39 is 11.7 Å². The van der Waals surface area contributed by atoms with Gasteiger partial charge in [0.05, 0.1) is 38.1 Å². The zero-order valence-corrected chi connectivity index (χ0v) is 25.8. The summed E-state index contributed by atoms with van der Waals surface area (Å²) in [4.78, 5) is 35.8. The predicted octanol–water partition coefficient (Wildman–Crippen LogP) is 4.65. The average Bonchev–Trinajstić information content (AvgIpc) is 3.66. The third kappa shape index (κ3) is 6.32. The van der Waals surface area contributed by atoms with E-state index in [0.717, 1.165) is 45.3 Å². The fourth-order valence-electron chi connectivity index (χ4n) is 5.55. The van der Waals surface area contributed by atoms with Crippen LogP contribution in [0.15, 0.2) is 65.7 Å². The van der Waals surface area contributed by atoms with Gasteiger partial charge >= 0.3 is 5.69 Å². The number of rotatable bonds is 11. The summed E-state index contributed by atoms with van der Waals surface area (Å²) in [7, 11) is 3.07. The number of aromatic amines is 1. The van der Waals surface area contributed by atoms with Crippen LogP contribution in [0.5, 0.6) is 23.0 Å². The summed E-state index contributed by atoms with van der Waals surface area (Å²) in [5.41, 5.74) is 1.00. The molecule has 0 atom stereocenters. The van der Waals surface area contributed by atoms with E-state index in [-0.39, 0.29) is 22.8 Å². The first-order valence-corrected chi connectivity index (χ1v) is 14.9. The molecule has 0 aliphatic carbocycles. The number of morpholine rings is 1. The molecule has 6 rings (SSSR count). The standard InChI is InChI=1S/C33H35FN6O6/c1-21-31(38(2)33(42)40(21)30-6-4-10-36-30)32(41)37-22-7-8-27(24(34)18-22)46-26-9-11-35-25-20-29(28(43-3)19-23(25)26)45-15-5-12-39-13-16-44-17-14-39/h4,6-11,18-20,36H,5,12-17H2,1-3H3,(H,37,41). The normalized spacial score (nSPS) is 13.6. The van der Waals surface area contributed by atoms with Gasteiger partial charge in [-0.25, -0.2) is 13.8 Å². The van der Waals surface area contributed by atoms with Crippen molar-refractivity contribution < 1.29 is 28.1 Å². The van der Waals surface area contributed by atoms with E-state index in [2.05, 4.69) is 20.2 Å².